The van der Waals surface area contributed by atoms with Gasteiger partial charge in [-0.05, 0) is 30.6 Å². The normalized spacial score (nSPS) is 55.4. The summed E-state index contributed by atoms with van der Waals surface area (Å²) >= 11 is 0. The van der Waals surface area contributed by atoms with Crippen molar-refractivity contribution < 1.29 is 0 Å². The van der Waals surface area contributed by atoms with Gasteiger partial charge in [0.05, 0.1) is 12.0 Å². The molecule has 3 saturated heterocycles. The molecule has 3 heterocycles. The lowest BCUT2D eigenvalue weighted by Gasteiger charge is -2.53. The van der Waals surface area contributed by atoms with E-state index >= 15 is 0 Å². The van der Waals surface area contributed by atoms with E-state index in [2.05, 4.69) is 11.0 Å². The van der Waals surface area contributed by atoms with Crippen molar-refractivity contribution in [3.8, 4) is 6.07 Å². The molecule has 12 heavy (non-hydrogen) atoms. The monoisotopic (exact) mass is 162 g/mol. The van der Waals surface area contributed by atoms with Gasteiger partial charge < -0.3 is 4.90 Å². The van der Waals surface area contributed by atoms with Crippen LogP contribution in [0.3, 0.4) is 0 Å². The molecule has 2 heteroatoms. The minimum Gasteiger partial charge on any atom is -0.302 e. The van der Waals surface area contributed by atoms with Crippen LogP contribution in [-0.4, -0.2) is 24.5 Å². The van der Waals surface area contributed by atoms with E-state index in [-0.39, 0.29) is 0 Å². The summed E-state index contributed by atoms with van der Waals surface area (Å²) in [6, 6.07) is 2.52. The number of nitrogens with zero attached hydrogens (tertiary/aromatic N) is 2. The van der Waals surface area contributed by atoms with Crippen LogP contribution in [0.5, 0.6) is 0 Å². The molecule has 4 fully saturated rings. The standard InChI is InChI=1S/C10H14N2/c11-3-10-8-1-7-2-9(10)6-12(4-7)5-8/h7-10H,1-2,4-6H2/t7?,8-,9-,10?/m0/s1. The van der Waals surface area contributed by atoms with Crippen molar-refractivity contribution in [1.82, 2.24) is 4.90 Å². The van der Waals surface area contributed by atoms with E-state index in [4.69, 9.17) is 5.26 Å². The zero-order chi connectivity index (χ0) is 8.13. The van der Waals surface area contributed by atoms with E-state index in [1.165, 1.54) is 32.5 Å². The number of hydrogen-bond donors (Lipinski definition) is 0. The highest BCUT2D eigenvalue weighted by atomic mass is 15.2. The Hall–Kier alpha value is -0.550. The third-order valence-corrected chi connectivity index (χ3v) is 3.94. The van der Waals surface area contributed by atoms with E-state index in [0.717, 1.165) is 17.8 Å². The van der Waals surface area contributed by atoms with Gasteiger partial charge in [-0.2, -0.15) is 5.26 Å². The second-order valence-corrected chi connectivity index (χ2v) is 4.73. The summed E-state index contributed by atoms with van der Waals surface area (Å²) in [6.45, 7) is 3.75. The van der Waals surface area contributed by atoms with Crippen molar-refractivity contribution in [2.75, 3.05) is 19.6 Å². The maximum absolute atomic E-state index is 9.03. The van der Waals surface area contributed by atoms with E-state index in [1.54, 1.807) is 0 Å². The molecule has 4 bridgehead atoms. The van der Waals surface area contributed by atoms with Crippen LogP contribution in [0.2, 0.25) is 0 Å². The summed E-state index contributed by atoms with van der Waals surface area (Å²) in [7, 11) is 0. The Morgan fingerprint density at radius 3 is 2.25 bits per heavy atom. The van der Waals surface area contributed by atoms with Crippen molar-refractivity contribution in [2.45, 2.75) is 12.8 Å². The average molecular weight is 162 g/mol. The molecule has 1 aliphatic carbocycles. The molecule has 3 aliphatic heterocycles. The Kier molecular flexibility index (Phi) is 1.29. The van der Waals surface area contributed by atoms with Crippen LogP contribution in [-0.2, 0) is 0 Å². The Morgan fingerprint density at radius 2 is 1.75 bits per heavy atom. The Morgan fingerprint density at radius 1 is 1.08 bits per heavy atom. The average Bonchev–Trinajstić information content (AvgIpc) is 2.02. The molecule has 0 spiro atoms. The fraction of sp³-hybridized carbons (Fsp3) is 0.900. The van der Waals surface area contributed by atoms with Gasteiger partial charge in [0, 0.05) is 19.6 Å². The van der Waals surface area contributed by atoms with Gasteiger partial charge in [-0.25, -0.2) is 0 Å². The number of nitriles is 1. The Bertz CT molecular complexity index is 213. The molecular weight excluding hydrogens is 148 g/mol. The first-order valence-electron chi connectivity index (χ1n) is 4.99. The first-order chi connectivity index (χ1) is 5.86. The molecule has 0 aromatic carbocycles. The van der Waals surface area contributed by atoms with Crippen molar-refractivity contribution in [3.63, 3.8) is 0 Å². The minimum atomic E-state index is 0.401. The maximum Gasteiger partial charge on any atom is 0.0662 e. The summed E-state index contributed by atoms with van der Waals surface area (Å²) in [5, 5.41) is 9.03. The third-order valence-electron chi connectivity index (χ3n) is 3.94. The smallest absolute Gasteiger partial charge is 0.0662 e. The van der Waals surface area contributed by atoms with E-state index in [9.17, 15) is 0 Å². The molecular formula is C10H14N2. The zero-order valence-corrected chi connectivity index (χ0v) is 7.24. The lowest BCUT2D eigenvalue weighted by molar-refractivity contribution is -0.0445. The molecule has 4 aliphatic rings. The van der Waals surface area contributed by atoms with E-state index in [0.29, 0.717) is 5.92 Å². The van der Waals surface area contributed by atoms with Gasteiger partial charge in [0.15, 0.2) is 0 Å². The predicted molar refractivity (Wildman–Crippen MR) is 45.2 cm³/mol. The lowest BCUT2D eigenvalue weighted by Crippen LogP contribution is -2.57. The predicted octanol–water partition coefficient (Wildman–Crippen LogP) is 1.10. The molecule has 0 aromatic heterocycles. The van der Waals surface area contributed by atoms with Crippen LogP contribution in [0.1, 0.15) is 12.8 Å². The van der Waals surface area contributed by atoms with Crippen LogP contribution < -0.4 is 0 Å². The SMILES string of the molecule is N#CC1[C@H]2CC3C[C@H]1CN(C3)C2. The molecule has 0 amide bonds. The molecule has 2 nitrogen and oxygen atoms in total. The highest BCUT2D eigenvalue weighted by Crippen LogP contribution is 2.46. The van der Waals surface area contributed by atoms with Crippen LogP contribution in [0, 0.1) is 35.0 Å². The zero-order valence-electron chi connectivity index (χ0n) is 7.24. The highest BCUT2D eigenvalue weighted by molar-refractivity contribution is 5.05. The second kappa shape index (κ2) is 2.23. The summed E-state index contributed by atoms with van der Waals surface area (Å²) in [5.74, 6) is 2.78. The van der Waals surface area contributed by atoms with Crippen molar-refractivity contribution in [3.05, 3.63) is 0 Å². The quantitative estimate of drug-likeness (QED) is 0.533. The fourth-order valence-electron chi connectivity index (χ4n) is 3.62. The first-order valence-corrected chi connectivity index (χ1v) is 4.99. The molecule has 1 saturated carbocycles. The van der Waals surface area contributed by atoms with Crippen LogP contribution in [0.25, 0.3) is 0 Å². The van der Waals surface area contributed by atoms with Gasteiger partial charge >= 0.3 is 0 Å². The van der Waals surface area contributed by atoms with Crippen molar-refractivity contribution in [1.29, 1.82) is 5.26 Å². The number of rotatable bonds is 0. The van der Waals surface area contributed by atoms with Gasteiger partial charge in [-0.1, -0.05) is 0 Å². The van der Waals surface area contributed by atoms with Crippen LogP contribution >= 0.6 is 0 Å². The van der Waals surface area contributed by atoms with Gasteiger partial charge in [0.1, 0.15) is 0 Å². The summed E-state index contributed by atoms with van der Waals surface area (Å²) in [5.41, 5.74) is 0. The Labute approximate surface area is 73.2 Å². The van der Waals surface area contributed by atoms with Crippen LogP contribution in [0.15, 0.2) is 0 Å². The second-order valence-electron chi connectivity index (χ2n) is 4.73. The Balaban J connectivity index is 1.91. The van der Waals surface area contributed by atoms with Gasteiger partial charge in [-0.3, -0.25) is 0 Å². The number of hydrogen-bond acceptors (Lipinski definition) is 2. The molecule has 4 rings (SSSR count). The molecule has 0 radical (unpaired) electrons. The first kappa shape index (κ1) is 6.91. The van der Waals surface area contributed by atoms with Crippen molar-refractivity contribution >= 4 is 0 Å². The largest absolute Gasteiger partial charge is 0.302 e. The molecule has 64 valence electrons. The molecule has 0 N–H and O–H groups in total. The van der Waals surface area contributed by atoms with Gasteiger partial charge in [-0.15, -0.1) is 0 Å². The summed E-state index contributed by atoms with van der Waals surface area (Å²) in [6.07, 6.45) is 2.68. The molecule has 2 atom stereocenters. The molecule has 0 aromatic rings. The van der Waals surface area contributed by atoms with Crippen molar-refractivity contribution in [2.24, 2.45) is 23.7 Å². The lowest BCUT2D eigenvalue weighted by atomic mass is 9.62. The highest BCUT2D eigenvalue weighted by Gasteiger charge is 2.47. The van der Waals surface area contributed by atoms with E-state index < -0.39 is 0 Å². The van der Waals surface area contributed by atoms with Crippen LogP contribution in [0.4, 0.5) is 0 Å². The van der Waals surface area contributed by atoms with Gasteiger partial charge in [0.25, 0.3) is 0 Å². The summed E-state index contributed by atoms with van der Waals surface area (Å²) < 4.78 is 0. The topological polar surface area (TPSA) is 27.0 Å². The fourth-order valence-corrected chi connectivity index (χ4v) is 3.62. The maximum atomic E-state index is 9.03. The minimum absolute atomic E-state index is 0.401. The molecule has 0 unspecified atom stereocenters. The summed E-state index contributed by atoms with van der Waals surface area (Å²) in [4.78, 5) is 2.57. The van der Waals surface area contributed by atoms with Gasteiger partial charge in [0.2, 0.25) is 0 Å². The third kappa shape index (κ3) is 0.778. The van der Waals surface area contributed by atoms with E-state index in [1.807, 2.05) is 0 Å². The number of piperidine rings is 3.